The summed E-state index contributed by atoms with van der Waals surface area (Å²) < 4.78 is 11.6. The lowest BCUT2D eigenvalue weighted by Crippen LogP contribution is -2.19. The third-order valence-corrected chi connectivity index (χ3v) is 3.74. The topological polar surface area (TPSA) is 56.3 Å². The summed E-state index contributed by atoms with van der Waals surface area (Å²) in [6.07, 6.45) is 1.43. The summed E-state index contributed by atoms with van der Waals surface area (Å²) in [5, 5.41) is 3.43. The maximum Gasteiger partial charge on any atom is 0.224 e. The molecule has 0 aliphatic heterocycles. The Bertz CT molecular complexity index is 568. The highest BCUT2D eigenvalue weighted by atomic mass is 79.9. The van der Waals surface area contributed by atoms with Crippen LogP contribution in [0.3, 0.4) is 0 Å². The molecule has 0 radical (unpaired) electrons. The normalized spacial score (nSPS) is 12.0. The van der Waals surface area contributed by atoms with Gasteiger partial charge in [-0.3, -0.25) is 0 Å². The van der Waals surface area contributed by atoms with Gasteiger partial charge in [0.05, 0.1) is 19.8 Å². The molecule has 0 spiro atoms. The van der Waals surface area contributed by atoms with E-state index in [0.717, 1.165) is 10.0 Å². The number of nitrogens with one attached hydrogen (secondary N) is 1. The highest BCUT2D eigenvalue weighted by Crippen LogP contribution is 2.24. The Labute approximate surface area is 132 Å². The van der Waals surface area contributed by atoms with Crippen LogP contribution in [0.4, 0.5) is 0 Å². The molecule has 1 N–H and O–H groups in total. The fourth-order valence-corrected chi connectivity index (χ4v) is 2.27. The van der Waals surface area contributed by atoms with Crippen molar-refractivity contribution in [2.45, 2.75) is 19.5 Å². The molecule has 6 heteroatoms. The molecule has 0 bridgehead atoms. The van der Waals surface area contributed by atoms with Crippen molar-refractivity contribution in [3.63, 3.8) is 0 Å². The van der Waals surface area contributed by atoms with Crippen LogP contribution >= 0.6 is 15.9 Å². The minimum absolute atomic E-state index is 0.188. The molecule has 2 rings (SSSR count). The number of hydrogen-bond donors (Lipinski definition) is 1. The molecule has 0 saturated heterocycles. The molecule has 0 saturated carbocycles. The van der Waals surface area contributed by atoms with E-state index in [1.165, 1.54) is 11.9 Å². The predicted molar refractivity (Wildman–Crippen MR) is 84.5 cm³/mol. The van der Waals surface area contributed by atoms with E-state index in [2.05, 4.69) is 50.3 Å². The minimum Gasteiger partial charge on any atom is -0.481 e. The van der Waals surface area contributed by atoms with Crippen molar-refractivity contribution < 1.29 is 9.47 Å². The highest BCUT2D eigenvalue weighted by molar-refractivity contribution is 9.10. The van der Waals surface area contributed by atoms with Gasteiger partial charge in [-0.25, -0.2) is 9.97 Å². The van der Waals surface area contributed by atoms with Crippen molar-refractivity contribution in [1.29, 1.82) is 0 Å². The van der Waals surface area contributed by atoms with Crippen molar-refractivity contribution in [1.82, 2.24) is 15.3 Å². The van der Waals surface area contributed by atoms with Gasteiger partial charge < -0.3 is 14.8 Å². The fourth-order valence-electron chi connectivity index (χ4n) is 2.01. The standard InChI is InChI=1S/C15H18BrN3O2/c1-10(11-4-6-12(16)7-5-11)17-8-13-14(20-2)18-9-19-15(13)21-3/h4-7,9-10,17H,8H2,1-3H3. The summed E-state index contributed by atoms with van der Waals surface area (Å²) in [6, 6.07) is 8.41. The average molecular weight is 352 g/mol. The number of methoxy groups -OCH3 is 2. The van der Waals surface area contributed by atoms with Gasteiger partial charge in [-0.2, -0.15) is 0 Å². The Balaban J connectivity index is 2.10. The summed E-state index contributed by atoms with van der Waals surface area (Å²) in [6.45, 7) is 2.66. The molecule has 0 aliphatic carbocycles. The Morgan fingerprint density at radius 3 is 2.19 bits per heavy atom. The fraction of sp³-hybridized carbons (Fsp3) is 0.333. The van der Waals surface area contributed by atoms with Gasteiger partial charge in [-0.05, 0) is 24.6 Å². The number of rotatable bonds is 6. The van der Waals surface area contributed by atoms with Gasteiger partial charge in [-0.15, -0.1) is 0 Å². The average Bonchev–Trinajstić information content (AvgIpc) is 2.52. The molecule has 5 nitrogen and oxygen atoms in total. The Kier molecular flexibility index (Phi) is 5.52. The molecule has 1 unspecified atom stereocenters. The zero-order chi connectivity index (χ0) is 15.2. The molecule has 21 heavy (non-hydrogen) atoms. The smallest absolute Gasteiger partial charge is 0.224 e. The zero-order valence-electron chi connectivity index (χ0n) is 12.3. The Hall–Kier alpha value is -1.66. The van der Waals surface area contributed by atoms with Crippen molar-refractivity contribution in [3.8, 4) is 11.8 Å². The number of aromatic nitrogens is 2. The number of ether oxygens (including phenoxy) is 2. The number of halogens is 1. The van der Waals surface area contributed by atoms with Crippen LogP contribution in [-0.2, 0) is 6.54 Å². The molecule has 0 fully saturated rings. The van der Waals surface area contributed by atoms with Gasteiger partial charge in [0.25, 0.3) is 0 Å². The summed E-state index contributed by atoms with van der Waals surface area (Å²) >= 11 is 3.44. The van der Waals surface area contributed by atoms with Crippen LogP contribution in [0.2, 0.25) is 0 Å². The Morgan fingerprint density at radius 1 is 1.10 bits per heavy atom. The molecular weight excluding hydrogens is 334 g/mol. The predicted octanol–water partition coefficient (Wildman–Crippen LogP) is 3.11. The molecule has 112 valence electrons. The first-order chi connectivity index (χ1) is 10.2. The lowest BCUT2D eigenvalue weighted by Gasteiger charge is -2.16. The molecule has 2 aromatic rings. The highest BCUT2D eigenvalue weighted by Gasteiger charge is 2.14. The maximum absolute atomic E-state index is 5.26. The van der Waals surface area contributed by atoms with Crippen LogP contribution in [0.15, 0.2) is 35.1 Å². The molecule has 1 aromatic heterocycles. The first-order valence-electron chi connectivity index (χ1n) is 6.56. The van der Waals surface area contributed by atoms with Crippen molar-refractivity contribution in [3.05, 3.63) is 46.2 Å². The van der Waals surface area contributed by atoms with E-state index in [4.69, 9.17) is 9.47 Å². The van der Waals surface area contributed by atoms with Gasteiger partial charge in [-0.1, -0.05) is 28.1 Å². The summed E-state index contributed by atoms with van der Waals surface area (Å²) in [5.74, 6) is 1.05. The lowest BCUT2D eigenvalue weighted by molar-refractivity contribution is 0.357. The van der Waals surface area contributed by atoms with Crippen molar-refractivity contribution >= 4 is 15.9 Å². The first kappa shape index (κ1) is 15.7. The SMILES string of the molecule is COc1ncnc(OC)c1CNC(C)c1ccc(Br)cc1. The van der Waals surface area contributed by atoms with Crippen LogP contribution in [-0.4, -0.2) is 24.2 Å². The number of nitrogens with zero attached hydrogens (tertiary/aromatic N) is 2. The third kappa shape index (κ3) is 3.92. The van der Waals surface area contributed by atoms with E-state index < -0.39 is 0 Å². The summed E-state index contributed by atoms with van der Waals surface area (Å²) in [7, 11) is 3.17. The maximum atomic E-state index is 5.26. The second kappa shape index (κ2) is 7.38. The minimum atomic E-state index is 0.188. The Morgan fingerprint density at radius 2 is 1.67 bits per heavy atom. The van der Waals surface area contributed by atoms with E-state index in [1.54, 1.807) is 14.2 Å². The van der Waals surface area contributed by atoms with Gasteiger partial charge in [0.1, 0.15) is 6.33 Å². The molecule has 0 amide bonds. The second-order valence-corrected chi connectivity index (χ2v) is 5.44. The quantitative estimate of drug-likeness (QED) is 0.866. The monoisotopic (exact) mass is 351 g/mol. The van der Waals surface area contributed by atoms with E-state index >= 15 is 0 Å². The zero-order valence-corrected chi connectivity index (χ0v) is 13.8. The lowest BCUT2D eigenvalue weighted by atomic mass is 10.1. The first-order valence-corrected chi connectivity index (χ1v) is 7.35. The number of benzene rings is 1. The van der Waals surface area contributed by atoms with Gasteiger partial charge in [0.2, 0.25) is 11.8 Å². The van der Waals surface area contributed by atoms with Gasteiger partial charge >= 0.3 is 0 Å². The van der Waals surface area contributed by atoms with Gasteiger partial charge in [0, 0.05) is 17.1 Å². The molecule has 1 heterocycles. The van der Waals surface area contributed by atoms with Crippen molar-refractivity contribution in [2.75, 3.05) is 14.2 Å². The summed E-state index contributed by atoms with van der Waals surface area (Å²) in [5.41, 5.74) is 2.01. The van der Waals surface area contributed by atoms with Crippen LogP contribution in [0, 0.1) is 0 Å². The molecule has 1 aromatic carbocycles. The third-order valence-electron chi connectivity index (χ3n) is 3.21. The van der Waals surface area contributed by atoms with Crippen LogP contribution in [0.5, 0.6) is 11.8 Å². The van der Waals surface area contributed by atoms with E-state index in [9.17, 15) is 0 Å². The van der Waals surface area contributed by atoms with Crippen LogP contribution in [0.1, 0.15) is 24.1 Å². The van der Waals surface area contributed by atoms with Crippen LogP contribution < -0.4 is 14.8 Å². The van der Waals surface area contributed by atoms with E-state index in [-0.39, 0.29) is 6.04 Å². The molecule has 0 aliphatic rings. The summed E-state index contributed by atoms with van der Waals surface area (Å²) in [4.78, 5) is 8.22. The van der Waals surface area contributed by atoms with Gasteiger partial charge in [0.15, 0.2) is 0 Å². The second-order valence-electron chi connectivity index (χ2n) is 4.52. The van der Waals surface area contributed by atoms with Crippen molar-refractivity contribution in [2.24, 2.45) is 0 Å². The largest absolute Gasteiger partial charge is 0.481 e. The van der Waals surface area contributed by atoms with E-state index in [1.807, 2.05) is 12.1 Å². The number of hydrogen-bond acceptors (Lipinski definition) is 5. The molecule has 1 atom stereocenters. The van der Waals surface area contributed by atoms with Crippen LogP contribution in [0.25, 0.3) is 0 Å². The molecular formula is C15H18BrN3O2. The van der Waals surface area contributed by atoms with E-state index in [0.29, 0.717) is 18.3 Å².